The van der Waals surface area contributed by atoms with E-state index in [4.69, 9.17) is 4.55 Å². The first kappa shape index (κ1) is 15.1. The minimum atomic E-state index is -4.02. The van der Waals surface area contributed by atoms with Gasteiger partial charge >= 0.3 is 0 Å². The van der Waals surface area contributed by atoms with Crippen LogP contribution in [0.2, 0.25) is 0 Å². The summed E-state index contributed by atoms with van der Waals surface area (Å²) in [7, 11) is -4.02. The molecule has 102 valence electrons. The molecule has 1 aromatic carbocycles. The lowest BCUT2D eigenvalue weighted by atomic mass is 10.1. The van der Waals surface area contributed by atoms with Crippen molar-refractivity contribution in [3.63, 3.8) is 0 Å². The summed E-state index contributed by atoms with van der Waals surface area (Å²) in [6.07, 6.45) is 1.02. The normalized spacial score (nSPS) is 19.2. The van der Waals surface area contributed by atoms with Gasteiger partial charge in [0.1, 0.15) is 0 Å². The smallest absolute Gasteiger partial charge is 0.294 e. The molecule has 0 aliphatic carbocycles. The van der Waals surface area contributed by atoms with Gasteiger partial charge in [-0.05, 0) is 32.0 Å². The molecule has 0 bridgehead atoms. The summed E-state index contributed by atoms with van der Waals surface area (Å²) in [4.78, 5) is -0.0666. The highest BCUT2D eigenvalue weighted by Crippen LogP contribution is 2.08. The topological polar surface area (TPSA) is 66.4 Å². The Balaban J connectivity index is 0.000000199. The number of aryl methyl sites for hydroxylation is 1. The molecule has 0 radical (unpaired) electrons. The largest absolute Gasteiger partial charge is 0.316 e. The van der Waals surface area contributed by atoms with Gasteiger partial charge in [-0.3, -0.25) is 8.94 Å². The molecule has 18 heavy (non-hydrogen) atoms. The highest BCUT2D eigenvalue weighted by Gasteiger charge is 2.12. The van der Waals surface area contributed by atoms with Crippen molar-refractivity contribution in [2.45, 2.75) is 18.2 Å². The van der Waals surface area contributed by atoms with Crippen LogP contribution in [0.25, 0.3) is 0 Å². The van der Waals surface area contributed by atoms with Crippen LogP contribution in [0.5, 0.6) is 0 Å². The summed E-state index contributed by atoms with van der Waals surface area (Å²) in [5, 5.41) is 3.08. The summed E-state index contributed by atoms with van der Waals surface area (Å²) < 4.78 is 41.2. The van der Waals surface area contributed by atoms with Crippen molar-refractivity contribution in [1.82, 2.24) is 5.32 Å². The second-order valence-electron chi connectivity index (χ2n) is 4.30. The minimum Gasteiger partial charge on any atom is -0.316 e. The second-order valence-corrected chi connectivity index (χ2v) is 5.72. The van der Waals surface area contributed by atoms with E-state index in [-0.39, 0.29) is 11.6 Å². The predicted molar refractivity (Wildman–Crippen MR) is 67.9 cm³/mol. The van der Waals surface area contributed by atoms with Crippen molar-refractivity contribution in [3.8, 4) is 0 Å². The molecular weight excluding hydrogens is 257 g/mol. The molecule has 2 N–H and O–H groups in total. The quantitative estimate of drug-likeness (QED) is 0.808. The Labute approximate surface area is 107 Å². The fourth-order valence-corrected chi connectivity index (χ4v) is 2.04. The molecule has 0 amide bonds. The van der Waals surface area contributed by atoms with Crippen LogP contribution >= 0.6 is 0 Å². The molecule has 0 spiro atoms. The van der Waals surface area contributed by atoms with Gasteiger partial charge in [0.05, 0.1) is 11.6 Å². The fourth-order valence-electron chi connectivity index (χ4n) is 1.56. The van der Waals surface area contributed by atoms with Gasteiger partial charge in [-0.15, -0.1) is 0 Å². The first-order valence-corrected chi connectivity index (χ1v) is 7.18. The Hall–Kier alpha value is -0.980. The van der Waals surface area contributed by atoms with E-state index in [2.05, 4.69) is 5.32 Å². The van der Waals surface area contributed by atoms with Crippen molar-refractivity contribution in [1.29, 1.82) is 0 Å². The maximum absolute atomic E-state index is 11.7. The van der Waals surface area contributed by atoms with E-state index in [1.807, 2.05) is 6.92 Å². The molecule has 1 atom stereocenters. The number of rotatable bonds is 2. The standard InChI is InChI=1S/C7H8O3S.C5H10FN/c1-6-2-4-7(5-3-6)11(8,9)10;6-3-5-1-2-7-4-5/h2-5H,1H3,(H,8,9,10);5,7H,1-4H2/t;5-/m.1/s1. The highest BCUT2D eigenvalue weighted by atomic mass is 32.2. The third-order valence-electron chi connectivity index (χ3n) is 2.70. The number of benzene rings is 1. The third-order valence-corrected chi connectivity index (χ3v) is 3.57. The van der Waals surface area contributed by atoms with Crippen LogP contribution in [0.3, 0.4) is 0 Å². The molecule has 1 aliphatic heterocycles. The van der Waals surface area contributed by atoms with E-state index in [9.17, 15) is 12.8 Å². The number of hydrogen-bond donors (Lipinski definition) is 2. The maximum atomic E-state index is 11.7. The van der Waals surface area contributed by atoms with E-state index < -0.39 is 10.1 Å². The van der Waals surface area contributed by atoms with Gasteiger partial charge in [-0.1, -0.05) is 17.7 Å². The average molecular weight is 275 g/mol. The third kappa shape index (κ3) is 5.12. The maximum Gasteiger partial charge on any atom is 0.294 e. The van der Waals surface area contributed by atoms with E-state index >= 15 is 0 Å². The van der Waals surface area contributed by atoms with Crippen LogP contribution < -0.4 is 5.32 Å². The van der Waals surface area contributed by atoms with Crippen LogP contribution in [0.4, 0.5) is 4.39 Å². The van der Waals surface area contributed by atoms with Gasteiger partial charge in [0.15, 0.2) is 0 Å². The summed E-state index contributed by atoms with van der Waals surface area (Å²) in [6, 6.07) is 5.99. The first-order valence-electron chi connectivity index (χ1n) is 5.74. The molecule has 4 nitrogen and oxygen atoms in total. The van der Waals surface area contributed by atoms with E-state index in [1.165, 1.54) is 12.1 Å². The van der Waals surface area contributed by atoms with Gasteiger partial charge in [0.2, 0.25) is 0 Å². The van der Waals surface area contributed by atoms with Crippen molar-refractivity contribution in [3.05, 3.63) is 29.8 Å². The molecule has 1 saturated heterocycles. The van der Waals surface area contributed by atoms with Crippen LogP contribution in [0.15, 0.2) is 29.2 Å². The zero-order valence-electron chi connectivity index (χ0n) is 10.3. The van der Waals surface area contributed by atoms with Crippen LogP contribution in [-0.4, -0.2) is 32.7 Å². The predicted octanol–water partition coefficient (Wildman–Crippen LogP) is 1.81. The Bertz CT molecular complexity index is 453. The van der Waals surface area contributed by atoms with Crippen molar-refractivity contribution in [2.24, 2.45) is 5.92 Å². The molecule has 1 heterocycles. The van der Waals surface area contributed by atoms with Gasteiger partial charge < -0.3 is 5.32 Å². The minimum absolute atomic E-state index is 0.0666. The fraction of sp³-hybridized carbons (Fsp3) is 0.500. The summed E-state index contributed by atoms with van der Waals surface area (Å²) in [5.74, 6) is 0.319. The van der Waals surface area contributed by atoms with Crippen molar-refractivity contribution < 1.29 is 17.4 Å². The number of hydrogen-bond acceptors (Lipinski definition) is 3. The van der Waals surface area contributed by atoms with Crippen LogP contribution in [0, 0.1) is 12.8 Å². The zero-order chi connectivity index (χ0) is 13.6. The Morgan fingerprint density at radius 3 is 2.33 bits per heavy atom. The van der Waals surface area contributed by atoms with Crippen molar-refractivity contribution in [2.75, 3.05) is 19.8 Å². The lowest BCUT2D eigenvalue weighted by molar-refractivity contribution is 0.382. The van der Waals surface area contributed by atoms with E-state index in [0.717, 1.165) is 25.1 Å². The highest BCUT2D eigenvalue weighted by molar-refractivity contribution is 7.85. The van der Waals surface area contributed by atoms with Crippen molar-refractivity contribution >= 4 is 10.1 Å². The van der Waals surface area contributed by atoms with Gasteiger partial charge in [0.25, 0.3) is 10.1 Å². The van der Waals surface area contributed by atoms with Gasteiger partial charge in [0, 0.05) is 12.5 Å². The monoisotopic (exact) mass is 275 g/mol. The molecule has 2 rings (SSSR count). The molecule has 1 aromatic rings. The summed E-state index contributed by atoms with van der Waals surface area (Å²) >= 11 is 0. The number of nitrogens with one attached hydrogen (secondary N) is 1. The van der Waals surface area contributed by atoms with Gasteiger partial charge in [-0.2, -0.15) is 8.42 Å². The SMILES string of the molecule is Cc1ccc(S(=O)(=O)O)cc1.FC[C@H]1CCNC1. The first-order chi connectivity index (χ1) is 8.43. The Morgan fingerprint density at radius 1 is 1.39 bits per heavy atom. The Morgan fingerprint density at radius 2 is 2.00 bits per heavy atom. The van der Waals surface area contributed by atoms with E-state index in [0.29, 0.717) is 5.92 Å². The molecule has 0 unspecified atom stereocenters. The van der Waals surface area contributed by atoms with Crippen LogP contribution in [0.1, 0.15) is 12.0 Å². The lowest BCUT2D eigenvalue weighted by Crippen LogP contribution is -2.09. The molecule has 1 fully saturated rings. The Kier molecular flexibility index (Phi) is 5.71. The number of alkyl halides is 1. The zero-order valence-corrected chi connectivity index (χ0v) is 11.1. The van der Waals surface area contributed by atoms with Gasteiger partial charge in [-0.25, -0.2) is 0 Å². The second kappa shape index (κ2) is 6.82. The summed E-state index contributed by atoms with van der Waals surface area (Å²) in [5.41, 5.74) is 0.956. The van der Waals surface area contributed by atoms with Crippen LogP contribution in [-0.2, 0) is 10.1 Å². The molecular formula is C12H18FNO3S. The molecule has 0 aromatic heterocycles. The molecule has 6 heteroatoms. The molecule has 0 saturated carbocycles. The number of halogens is 1. The lowest BCUT2D eigenvalue weighted by Gasteiger charge is -1.95. The summed E-state index contributed by atoms with van der Waals surface area (Å²) in [6.45, 7) is 3.59. The average Bonchev–Trinajstić information content (AvgIpc) is 2.82. The van der Waals surface area contributed by atoms with E-state index in [1.54, 1.807) is 12.1 Å². The molecule has 1 aliphatic rings.